The number of aromatic nitrogens is 3. The Morgan fingerprint density at radius 2 is 1.88 bits per heavy atom. The van der Waals surface area contributed by atoms with Gasteiger partial charge in [-0.15, -0.1) is 5.10 Å². The third kappa shape index (κ3) is 4.43. The monoisotopic (exact) mass is 495 g/mol. The molecule has 0 spiro atoms. The molecule has 3 heterocycles. The Hall–Kier alpha value is -3.39. The summed E-state index contributed by atoms with van der Waals surface area (Å²) < 4.78 is 12.8. The second-order valence-electron chi connectivity index (χ2n) is 7.01. The molecule has 0 unspecified atom stereocenters. The van der Waals surface area contributed by atoms with Crippen LogP contribution in [0.4, 0.5) is 0 Å². The van der Waals surface area contributed by atoms with Crippen LogP contribution in [0.25, 0.3) is 34.5 Å². The highest BCUT2D eigenvalue weighted by Crippen LogP contribution is 2.31. The van der Waals surface area contributed by atoms with E-state index in [4.69, 9.17) is 32.4 Å². The fourth-order valence-corrected chi connectivity index (χ4v) is 4.47. The number of furan rings is 1. The molecule has 6 nitrogen and oxygen atoms in total. The molecule has 0 bridgehead atoms. The van der Waals surface area contributed by atoms with Crippen molar-refractivity contribution in [2.75, 3.05) is 7.11 Å². The van der Waals surface area contributed by atoms with Gasteiger partial charge in [0.1, 0.15) is 21.8 Å². The topological polar surface area (TPSA) is 69.6 Å². The number of thiazole rings is 1. The molecule has 3 aromatic heterocycles. The average Bonchev–Trinajstić information content (AvgIpc) is 3.52. The van der Waals surface area contributed by atoms with Gasteiger partial charge in [0, 0.05) is 16.7 Å². The summed E-state index contributed by atoms with van der Waals surface area (Å²) in [7, 11) is 1.62. The minimum Gasteiger partial charge on any atom is -0.497 e. The van der Waals surface area contributed by atoms with Gasteiger partial charge in [-0.25, -0.2) is 0 Å². The summed E-state index contributed by atoms with van der Waals surface area (Å²) in [6, 6.07) is 16.3. The van der Waals surface area contributed by atoms with Crippen LogP contribution in [0.15, 0.2) is 63.8 Å². The van der Waals surface area contributed by atoms with E-state index in [1.165, 1.54) is 15.9 Å². The molecule has 0 aliphatic heterocycles. The first-order chi connectivity index (χ1) is 16.0. The first-order valence-corrected chi connectivity index (χ1v) is 11.4. The fraction of sp³-hybridized carbons (Fsp3) is 0.0417. The van der Waals surface area contributed by atoms with Crippen LogP contribution in [0.3, 0.4) is 0 Å². The predicted molar refractivity (Wildman–Crippen MR) is 132 cm³/mol. The van der Waals surface area contributed by atoms with Crippen LogP contribution in [-0.4, -0.2) is 21.7 Å². The second kappa shape index (κ2) is 8.86. The number of halogens is 2. The molecule has 0 aliphatic rings. The molecular weight excluding hydrogens is 481 g/mol. The third-order valence-electron chi connectivity index (χ3n) is 4.83. The van der Waals surface area contributed by atoms with Gasteiger partial charge in [0.25, 0.3) is 5.56 Å². The van der Waals surface area contributed by atoms with Gasteiger partial charge in [-0.3, -0.25) is 4.79 Å². The summed E-state index contributed by atoms with van der Waals surface area (Å²) in [6.45, 7) is 0. The second-order valence-corrected chi connectivity index (χ2v) is 8.87. The number of ether oxygens (including phenoxy) is 1. The number of hydrogen-bond donors (Lipinski definition) is 0. The summed E-state index contributed by atoms with van der Waals surface area (Å²) in [5, 5.41) is 5.39. The van der Waals surface area contributed by atoms with Crippen LogP contribution in [0, 0.1) is 0 Å². The number of benzene rings is 2. The lowest BCUT2D eigenvalue weighted by Crippen LogP contribution is -2.23. The van der Waals surface area contributed by atoms with Crippen molar-refractivity contribution in [1.29, 1.82) is 0 Å². The Balaban J connectivity index is 1.42. The zero-order valence-corrected chi connectivity index (χ0v) is 19.5. The zero-order valence-electron chi connectivity index (χ0n) is 17.2. The molecule has 0 fully saturated rings. The molecule has 33 heavy (non-hydrogen) atoms. The van der Waals surface area contributed by atoms with Crippen LogP contribution in [-0.2, 0) is 0 Å². The van der Waals surface area contributed by atoms with Gasteiger partial charge in [-0.2, -0.15) is 9.50 Å². The molecule has 0 aliphatic carbocycles. The lowest BCUT2D eigenvalue weighted by Gasteiger charge is -2.00. The normalized spacial score (nSPS) is 12.3. The minimum absolute atomic E-state index is 0.259. The summed E-state index contributed by atoms with van der Waals surface area (Å²) in [5.74, 6) is 2.32. The molecule has 5 aromatic rings. The number of rotatable bonds is 5. The van der Waals surface area contributed by atoms with Crippen molar-refractivity contribution in [2.45, 2.75) is 0 Å². The average molecular weight is 496 g/mol. The maximum absolute atomic E-state index is 12.8. The van der Waals surface area contributed by atoms with Gasteiger partial charge < -0.3 is 9.15 Å². The first-order valence-electron chi connectivity index (χ1n) is 9.79. The van der Waals surface area contributed by atoms with Crippen molar-refractivity contribution in [3.8, 4) is 17.1 Å². The van der Waals surface area contributed by atoms with E-state index in [9.17, 15) is 4.79 Å². The third-order valence-corrected chi connectivity index (χ3v) is 6.36. The molecule has 0 saturated carbocycles. The van der Waals surface area contributed by atoms with Gasteiger partial charge >= 0.3 is 0 Å². The Morgan fingerprint density at radius 1 is 1.06 bits per heavy atom. The predicted octanol–water partition coefficient (Wildman–Crippen LogP) is 5.44. The summed E-state index contributed by atoms with van der Waals surface area (Å²) >= 11 is 13.6. The fourth-order valence-electron chi connectivity index (χ4n) is 3.20. The Kier molecular flexibility index (Phi) is 5.76. The van der Waals surface area contributed by atoms with E-state index in [1.54, 1.807) is 49.6 Å². The van der Waals surface area contributed by atoms with Gasteiger partial charge in [-0.05, 0) is 54.1 Å². The zero-order chi connectivity index (χ0) is 22.9. The van der Waals surface area contributed by atoms with E-state index in [0.29, 0.717) is 42.4 Å². The summed E-state index contributed by atoms with van der Waals surface area (Å²) in [4.78, 5) is 17.7. The highest BCUT2D eigenvalue weighted by Gasteiger charge is 2.11. The minimum atomic E-state index is -0.259. The molecule has 9 heteroatoms. The Bertz CT molecular complexity index is 1600. The number of hydrogen-bond acceptors (Lipinski definition) is 6. The van der Waals surface area contributed by atoms with E-state index in [0.717, 1.165) is 11.3 Å². The van der Waals surface area contributed by atoms with Gasteiger partial charge in [-0.1, -0.05) is 52.7 Å². The quantitative estimate of drug-likeness (QED) is 0.324. The molecular formula is C24H15Cl2N3O3S. The standard InChI is InChI=1S/C24H15Cl2N3O3S/c1-31-16-6-2-14(3-7-16)4-11-22-27-24-29(28-22)23(30)21(33-24)13-17-8-10-20(32-17)18-12-15(25)5-9-19(18)26/h2-13H,1H3. The molecule has 2 aromatic carbocycles. The van der Waals surface area contributed by atoms with Gasteiger partial charge in [0.2, 0.25) is 4.96 Å². The Morgan fingerprint density at radius 3 is 2.64 bits per heavy atom. The van der Waals surface area contributed by atoms with Crippen LogP contribution in [0.1, 0.15) is 17.1 Å². The van der Waals surface area contributed by atoms with E-state index < -0.39 is 0 Å². The maximum atomic E-state index is 12.8. The van der Waals surface area contributed by atoms with Crippen LogP contribution in [0.2, 0.25) is 10.0 Å². The van der Waals surface area contributed by atoms with Crippen molar-refractivity contribution < 1.29 is 9.15 Å². The lowest BCUT2D eigenvalue weighted by atomic mass is 10.2. The molecule has 0 radical (unpaired) electrons. The highest BCUT2D eigenvalue weighted by molar-refractivity contribution is 7.15. The van der Waals surface area contributed by atoms with Crippen molar-refractivity contribution in [3.05, 3.63) is 96.7 Å². The van der Waals surface area contributed by atoms with Gasteiger partial charge in [0.05, 0.1) is 12.1 Å². The smallest absolute Gasteiger partial charge is 0.291 e. The number of nitrogens with zero attached hydrogens (tertiary/aromatic N) is 3. The number of fused-ring (bicyclic) bond motifs is 1. The van der Waals surface area contributed by atoms with Crippen LogP contribution >= 0.6 is 34.5 Å². The number of methoxy groups -OCH3 is 1. The summed E-state index contributed by atoms with van der Waals surface area (Å²) in [5.41, 5.74) is 1.39. The molecule has 0 amide bonds. The van der Waals surface area contributed by atoms with Crippen molar-refractivity contribution in [2.24, 2.45) is 0 Å². The first kappa shape index (κ1) is 21.5. The maximum Gasteiger partial charge on any atom is 0.291 e. The lowest BCUT2D eigenvalue weighted by molar-refractivity contribution is 0.415. The largest absolute Gasteiger partial charge is 0.497 e. The van der Waals surface area contributed by atoms with E-state index in [1.807, 2.05) is 30.3 Å². The molecule has 0 atom stereocenters. The molecule has 0 N–H and O–H groups in total. The summed E-state index contributed by atoms with van der Waals surface area (Å²) in [6.07, 6.45) is 5.30. The highest BCUT2D eigenvalue weighted by atomic mass is 35.5. The van der Waals surface area contributed by atoms with Gasteiger partial charge in [0.15, 0.2) is 5.82 Å². The van der Waals surface area contributed by atoms with E-state index in [-0.39, 0.29) is 5.56 Å². The van der Waals surface area contributed by atoms with E-state index in [2.05, 4.69) is 10.1 Å². The Labute approximate surface area is 202 Å². The van der Waals surface area contributed by atoms with Crippen molar-refractivity contribution in [1.82, 2.24) is 14.6 Å². The van der Waals surface area contributed by atoms with Crippen LogP contribution in [0.5, 0.6) is 5.75 Å². The SMILES string of the molecule is COc1ccc(C=Cc2nc3sc(=Cc4ccc(-c5cc(Cl)ccc5Cl)o4)c(=O)n3n2)cc1. The van der Waals surface area contributed by atoms with Crippen molar-refractivity contribution in [3.63, 3.8) is 0 Å². The van der Waals surface area contributed by atoms with Crippen molar-refractivity contribution >= 4 is 57.7 Å². The molecule has 5 rings (SSSR count). The van der Waals surface area contributed by atoms with Crippen LogP contribution < -0.4 is 14.8 Å². The van der Waals surface area contributed by atoms with E-state index >= 15 is 0 Å². The molecule has 0 saturated heterocycles. The molecule has 164 valence electrons.